The van der Waals surface area contributed by atoms with Gasteiger partial charge in [0.25, 0.3) is 0 Å². The van der Waals surface area contributed by atoms with Crippen molar-refractivity contribution in [2.75, 3.05) is 0 Å². The molecule has 1 aromatic carbocycles. The van der Waals surface area contributed by atoms with Crippen LogP contribution in [0.5, 0.6) is 11.5 Å². The fourth-order valence-corrected chi connectivity index (χ4v) is 3.54. The van der Waals surface area contributed by atoms with Gasteiger partial charge in [-0.1, -0.05) is 25.5 Å². The lowest BCUT2D eigenvalue weighted by molar-refractivity contribution is -0.0129. The topological polar surface area (TPSA) is 38.7 Å². The molecule has 1 aromatic rings. The van der Waals surface area contributed by atoms with Crippen molar-refractivity contribution < 1.29 is 14.6 Å². The van der Waals surface area contributed by atoms with Crippen LogP contribution in [0.15, 0.2) is 18.2 Å². The normalized spacial score (nSPS) is 30.6. The first-order valence-corrected chi connectivity index (χ1v) is 8.14. The Morgan fingerprint density at radius 2 is 2.14 bits per heavy atom. The van der Waals surface area contributed by atoms with E-state index < -0.39 is 0 Å². The third-order valence-corrected chi connectivity index (χ3v) is 4.78. The molecule has 0 aromatic heterocycles. The maximum Gasteiger partial charge on any atom is 0.165 e. The van der Waals surface area contributed by atoms with Gasteiger partial charge in [0.2, 0.25) is 0 Å². The van der Waals surface area contributed by atoms with E-state index in [1.807, 2.05) is 12.1 Å². The lowest BCUT2D eigenvalue weighted by atomic mass is 9.84. The van der Waals surface area contributed by atoms with Crippen LogP contribution in [-0.4, -0.2) is 22.9 Å². The van der Waals surface area contributed by atoms with Crippen molar-refractivity contribution in [2.24, 2.45) is 5.92 Å². The molecule has 1 heterocycles. The minimum atomic E-state index is -0.363. The van der Waals surface area contributed by atoms with Crippen LogP contribution in [0.4, 0.5) is 0 Å². The van der Waals surface area contributed by atoms with E-state index in [-0.39, 0.29) is 17.8 Å². The van der Waals surface area contributed by atoms with Crippen molar-refractivity contribution in [3.05, 3.63) is 23.8 Å². The Labute approximate surface area is 127 Å². The predicted octanol–water partition coefficient (Wildman–Crippen LogP) is 3.72. The molecule has 21 heavy (non-hydrogen) atoms. The van der Waals surface area contributed by atoms with Gasteiger partial charge >= 0.3 is 0 Å². The fraction of sp³-hybridized carbons (Fsp3) is 0.667. The third kappa shape index (κ3) is 3.03. The van der Waals surface area contributed by atoms with Gasteiger partial charge in [-0.3, -0.25) is 0 Å². The van der Waals surface area contributed by atoms with Gasteiger partial charge in [0.15, 0.2) is 11.5 Å². The Morgan fingerprint density at radius 1 is 1.33 bits per heavy atom. The van der Waals surface area contributed by atoms with Gasteiger partial charge in [-0.25, -0.2) is 0 Å². The maximum atomic E-state index is 10.2. The molecule has 3 heteroatoms. The minimum absolute atomic E-state index is 0.109. The molecule has 3 rings (SSSR count). The highest BCUT2D eigenvalue weighted by molar-refractivity contribution is 5.50. The lowest BCUT2D eigenvalue weighted by Gasteiger charge is -2.33. The summed E-state index contributed by atoms with van der Waals surface area (Å²) in [6.45, 7) is 6.41. The molecule has 1 N–H and O–H groups in total. The Hall–Kier alpha value is -1.22. The zero-order valence-corrected chi connectivity index (χ0v) is 13.3. The highest BCUT2D eigenvalue weighted by Crippen LogP contribution is 2.43. The Kier molecular flexibility index (Phi) is 3.87. The van der Waals surface area contributed by atoms with Gasteiger partial charge in [-0.05, 0) is 45.1 Å². The fourth-order valence-electron chi connectivity index (χ4n) is 3.54. The molecule has 0 bridgehead atoms. The summed E-state index contributed by atoms with van der Waals surface area (Å²) in [7, 11) is 0. The second-order valence-corrected chi connectivity index (χ2v) is 7.09. The zero-order chi connectivity index (χ0) is 15.0. The quantitative estimate of drug-likeness (QED) is 0.922. The van der Waals surface area contributed by atoms with Gasteiger partial charge in [0, 0.05) is 12.0 Å². The third-order valence-electron chi connectivity index (χ3n) is 4.78. The molecule has 1 aliphatic heterocycles. The highest BCUT2D eigenvalue weighted by Gasteiger charge is 2.35. The summed E-state index contributed by atoms with van der Waals surface area (Å²) in [4.78, 5) is 0. The van der Waals surface area contributed by atoms with Crippen molar-refractivity contribution >= 4 is 0 Å². The summed E-state index contributed by atoms with van der Waals surface area (Å²) in [6, 6.07) is 6.08. The number of para-hydroxylation sites is 1. The Balaban J connectivity index is 1.78. The predicted molar refractivity (Wildman–Crippen MR) is 82.9 cm³/mol. The van der Waals surface area contributed by atoms with E-state index in [0.717, 1.165) is 43.6 Å². The van der Waals surface area contributed by atoms with Crippen molar-refractivity contribution in [3.8, 4) is 11.5 Å². The van der Waals surface area contributed by atoms with E-state index in [2.05, 4.69) is 26.8 Å². The zero-order valence-electron chi connectivity index (χ0n) is 13.3. The summed E-state index contributed by atoms with van der Waals surface area (Å²) in [5.41, 5.74) is 1.04. The Morgan fingerprint density at radius 3 is 2.90 bits per heavy atom. The molecular weight excluding hydrogens is 264 g/mol. The SMILES string of the molecule is CCC1CCC(O)C(Oc2cccc3c2OC(C)(C)C3)C1. The van der Waals surface area contributed by atoms with E-state index in [9.17, 15) is 5.11 Å². The van der Waals surface area contributed by atoms with Crippen LogP contribution >= 0.6 is 0 Å². The molecule has 0 spiro atoms. The number of rotatable bonds is 3. The van der Waals surface area contributed by atoms with Crippen molar-refractivity contribution in [1.29, 1.82) is 0 Å². The lowest BCUT2D eigenvalue weighted by Crippen LogP contribution is -2.38. The smallest absolute Gasteiger partial charge is 0.165 e. The molecule has 0 saturated heterocycles. The van der Waals surface area contributed by atoms with Gasteiger partial charge in [0.1, 0.15) is 11.7 Å². The van der Waals surface area contributed by atoms with Gasteiger partial charge in [-0.2, -0.15) is 0 Å². The molecule has 0 amide bonds. The van der Waals surface area contributed by atoms with Gasteiger partial charge < -0.3 is 14.6 Å². The number of hydrogen-bond acceptors (Lipinski definition) is 3. The van der Waals surface area contributed by atoms with E-state index in [4.69, 9.17) is 9.47 Å². The van der Waals surface area contributed by atoms with Crippen LogP contribution in [-0.2, 0) is 6.42 Å². The number of hydrogen-bond donors (Lipinski definition) is 1. The molecule has 3 nitrogen and oxygen atoms in total. The van der Waals surface area contributed by atoms with Crippen LogP contribution in [0.1, 0.15) is 52.0 Å². The molecule has 1 saturated carbocycles. The van der Waals surface area contributed by atoms with E-state index >= 15 is 0 Å². The van der Waals surface area contributed by atoms with E-state index in [0.29, 0.717) is 5.92 Å². The summed E-state index contributed by atoms with van der Waals surface area (Å²) in [6.07, 6.45) is 4.47. The van der Waals surface area contributed by atoms with Gasteiger partial charge in [0.05, 0.1) is 6.10 Å². The number of aliphatic hydroxyl groups is 1. The molecule has 3 unspecified atom stereocenters. The second kappa shape index (κ2) is 5.53. The van der Waals surface area contributed by atoms with Crippen molar-refractivity contribution in [2.45, 2.75) is 70.7 Å². The minimum Gasteiger partial charge on any atom is -0.484 e. The van der Waals surface area contributed by atoms with Crippen molar-refractivity contribution in [1.82, 2.24) is 0 Å². The first-order chi connectivity index (χ1) is 9.98. The summed E-state index contributed by atoms with van der Waals surface area (Å²) in [5.74, 6) is 2.32. The first-order valence-electron chi connectivity index (χ1n) is 8.14. The number of benzene rings is 1. The summed E-state index contributed by atoms with van der Waals surface area (Å²) in [5, 5.41) is 10.2. The largest absolute Gasteiger partial charge is 0.484 e. The van der Waals surface area contributed by atoms with Crippen LogP contribution in [0.2, 0.25) is 0 Å². The average Bonchev–Trinajstić information content (AvgIpc) is 2.76. The summed E-state index contributed by atoms with van der Waals surface area (Å²) < 4.78 is 12.2. The average molecular weight is 290 g/mol. The van der Waals surface area contributed by atoms with Crippen LogP contribution < -0.4 is 9.47 Å². The molecule has 1 fully saturated rings. The van der Waals surface area contributed by atoms with Gasteiger partial charge in [-0.15, -0.1) is 0 Å². The number of ether oxygens (including phenoxy) is 2. The number of aliphatic hydroxyl groups excluding tert-OH is 1. The summed E-state index contributed by atoms with van der Waals surface area (Å²) >= 11 is 0. The molecule has 116 valence electrons. The number of fused-ring (bicyclic) bond motifs is 1. The molecule has 1 aliphatic carbocycles. The van der Waals surface area contributed by atoms with Crippen LogP contribution in [0.25, 0.3) is 0 Å². The maximum absolute atomic E-state index is 10.2. The highest BCUT2D eigenvalue weighted by atomic mass is 16.5. The van der Waals surface area contributed by atoms with Crippen LogP contribution in [0.3, 0.4) is 0 Å². The Bertz CT molecular complexity index is 509. The van der Waals surface area contributed by atoms with Crippen molar-refractivity contribution in [3.63, 3.8) is 0 Å². The van der Waals surface area contributed by atoms with E-state index in [1.54, 1.807) is 0 Å². The second-order valence-electron chi connectivity index (χ2n) is 7.09. The van der Waals surface area contributed by atoms with Crippen LogP contribution in [0, 0.1) is 5.92 Å². The molecule has 2 aliphatic rings. The van der Waals surface area contributed by atoms with E-state index in [1.165, 1.54) is 5.56 Å². The standard InChI is InChI=1S/C18H26O3/c1-4-12-8-9-14(19)16(10-12)20-15-7-5-6-13-11-18(2,3)21-17(13)15/h5-7,12,14,16,19H,4,8-11H2,1-3H3. The molecule has 0 radical (unpaired) electrons. The first kappa shape index (κ1) is 14.7. The molecule has 3 atom stereocenters. The molecular formula is C18H26O3. The monoisotopic (exact) mass is 290 g/mol.